The lowest BCUT2D eigenvalue weighted by atomic mass is 10.1. The Morgan fingerprint density at radius 2 is 1.86 bits per heavy atom. The van der Waals surface area contributed by atoms with Gasteiger partial charge in [-0.3, -0.25) is 4.79 Å². The molecule has 0 heterocycles. The average molecular weight is 323 g/mol. The van der Waals surface area contributed by atoms with Crippen molar-refractivity contribution in [1.82, 2.24) is 4.90 Å². The number of nitrogens with zero attached hydrogens (tertiary/aromatic N) is 1. The van der Waals surface area contributed by atoms with Crippen molar-refractivity contribution in [3.05, 3.63) is 34.9 Å². The minimum absolute atomic E-state index is 0.126. The molecule has 1 aliphatic rings. The molecule has 0 aliphatic heterocycles. The van der Waals surface area contributed by atoms with Crippen LogP contribution in [-0.2, 0) is 4.79 Å². The highest BCUT2D eigenvalue weighted by molar-refractivity contribution is 6.30. The van der Waals surface area contributed by atoms with Gasteiger partial charge in [-0.2, -0.15) is 0 Å². The number of hydrogen-bond donors (Lipinski definition) is 1. The number of carbonyl (C=O) groups is 1. The number of hydrogen-bond acceptors (Lipinski definition) is 2. The molecule has 1 amide bonds. The fourth-order valence-corrected chi connectivity index (χ4v) is 3.02. The fourth-order valence-electron chi connectivity index (χ4n) is 2.89. The summed E-state index contributed by atoms with van der Waals surface area (Å²) in [6, 6.07) is 8.41. The molecular weight excluding hydrogens is 296 g/mol. The van der Waals surface area contributed by atoms with E-state index < -0.39 is 0 Å². The highest BCUT2D eigenvalue weighted by Crippen LogP contribution is 2.35. The quantitative estimate of drug-likeness (QED) is 0.689. The van der Waals surface area contributed by atoms with Crippen LogP contribution in [0.1, 0.15) is 63.5 Å². The molecule has 1 atom stereocenters. The topological polar surface area (TPSA) is 46.3 Å². The van der Waals surface area contributed by atoms with Gasteiger partial charge in [0.2, 0.25) is 5.91 Å². The monoisotopic (exact) mass is 322 g/mol. The molecule has 1 saturated carbocycles. The van der Waals surface area contributed by atoms with Gasteiger partial charge in [-0.1, -0.05) is 36.6 Å². The highest BCUT2D eigenvalue weighted by atomic mass is 35.5. The molecule has 4 heteroatoms. The molecule has 22 heavy (non-hydrogen) atoms. The molecule has 2 N–H and O–H groups in total. The SMILES string of the molecule is CC(c1ccc(Cl)cc1)N(C(=O)CCCCCCN)C1CC1. The van der Waals surface area contributed by atoms with Gasteiger partial charge in [0.15, 0.2) is 0 Å². The van der Waals surface area contributed by atoms with Crippen molar-refractivity contribution < 1.29 is 4.79 Å². The number of halogens is 1. The minimum Gasteiger partial charge on any atom is -0.333 e. The smallest absolute Gasteiger partial charge is 0.223 e. The van der Waals surface area contributed by atoms with Crippen LogP contribution in [0.2, 0.25) is 5.02 Å². The first-order valence-corrected chi connectivity index (χ1v) is 8.78. The lowest BCUT2D eigenvalue weighted by Gasteiger charge is -2.30. The molecule has 0 bridgehead atoms. The molecule has 1 aromatic carbocycles. The predicted octanol–water partition coefficient (Wildman–Crippen LogP) is 4.30. The Labute approximate surface area is 138 Å². The third kappa shape index (κ3) is 4.99. The fraction of sp³-hybridized carbons (Fsp3) is 0.611. The Balaban J connectivity index is 1.91. The molecule has 0 radical (unpaired) electrons. The van der Waals surface area contributed by atoms with Gasteiger partial charge in [0.1, 0.15) is 0 Å². The van der Waals surface area contributed by atoms with Crippen LogP contribution in [0.25, 0.3) is 0 Å². The Kier molecular flexibility index (Phi) is 6.71. The van der Waals surface area contributed by atoms with Gasteiger partial charge in [0.25, 0.3) is 0 Å². The van der Waals surface area contributed by atoms with E-state index in [4.69, 9.17) is 17.3 Å². The van der Waals surface area contributed by atoms with Gasteiger partial charge < -0.3 is 10.6 Å². The summed E-state index contributed by atoms with van der Waals surface area (Å²) in [7, 11) is 0. The lowest BCUT2D eigenvalue weighted by Crippen LogP contribution is -2.35. The molecule has 1 aromatic rings. The summed E-state index contributed by atoms with van der Waals surface area (Å²) >= 11 is 5.95. The van der Waals surface area contributed by atoms with E-state index in [1.807, 2.05) is 24.3 Å². The normalized spacial score (nSPS) is 15.6. The number of carbonyl (C=O) groups excluding carboxylic acids is 1. The zero-order valence-corrected chi connectivity index (χ0v) is 14.2. The van der Waals surface area contributed by atoms with Crippen molar-refractivity contribution in [1.29, 1.82) is 0 Å². The van der Waals surface area contributed by atoms with Gasteiger partial charge >= 0.3 is 0 Å². The van der Waals surface area contributed by atoms with Crippen LogP contribution in [0.15, 0.2) is 24.3 Å². The summed E-state index contributed by atoms with van der Waals surface area (Å²) in [5.41, 5.74) is 6.66. The molecule has 2 rings (SSSR count). The Morgan fingerprint density at radius 3 is 2.45 bits per heavy atom. The van der Waals surface area contributed by atoms with Gasteiger partial charge in [0, 0.05) is 17.5 Å². The molecular formula is C18H27ClN2O. The predicted molar refractivity (Wildman–Crippen MR) is 91.9 cm³/mol. The maximum Gasteiger partial charge on any atom is 0.223 e. The van der Waals surface area contributed by atoms with Crippen molar-refractivity contribution >= 4 is 17.5 Å². The maximum absolute atomic E-state index is 12.6. The van der Waals surface area contributed by atoms with E-state index in [1.165, 1.54) is 0 Å². The molecule has 0 saturated heterocycles. The van der Waals surface area contributed by atoms with Gasteiger partial charge in [0.05, 0.1) is 6.04 Å². The van der Waals surface area contributed by atoms with Crippen molar-refractivity contribution in [2.24, 2.45) is 5.73 Å². The second-order valence-electron chi connectivity index (χ2n) is 6.21. The summed E-state index contributed by atoms with van der Waals surface area (Å²) in [5, 5.41) is 0.736. The van der Waals surface area contributed by atoms with E-state index in [9.17, 15) is 4.79 Å². The molecule has 1 aliphatic carbocycles. The van der Waals surface area contributed by atoms with E-state index in [0.717, 1.165) is 55.7 Å². The van der Waals surface area contributed by atoms with Crippen LogP contribution in [0.5, 0.6) is 0 Å². The first-order chi connectivity index (χ1) is 10.6. The van der Waals surface area contributed by atoms with Gasteiger partial charge in [-0.05, 0) is 56.8 Å². The standard InChI is InChI=1S/C18H27ClN2O/c1-14(15-7-9-16(19)10-8-15)21(17-11-12-17)18(22)6-4-2-3-5-13-20/h7-10,14,17H,2-6,11-13,20H2,1H3. The van der Waals surface area contributed by atoms with Crippen molar-refractivity contribution in [2.75, 3.05) is 6.54 Å². The third-order valence-corrected chi connectivity index (χ3v) is 4.59. The van der Waals surface area contributed by atoms with Crippen LogP contribution in [0, 0.1) is 0 Å². The van der Waals surface area contributed by atoms with Gasteiger partial charge in [-0.25, -0.2) is 0 Å². The summed E-state index contributed by atoms with van der Waals surface area (Å²) in [5.74, 6) is 0.290. The Morgan fingerprint density at radius 1 is 1.23 bits per heavy atom. The molecule has 3 nitrogen and oxygen atoms in total. The van der Waals surface area contributed by atoms with Crippen LogP contribution in [0.3, 0.4) is 0 Å². The van der Waals surface area contributed by atoms with Crippen LogP contribution in [-0.4, -0.2) is 23.4 Å². The molecule has 0 aromatic heterocycles. The summed E-state index contributed by atoms with van der Waals surface area (Å²) in [6.45, 7) is 2.86. The third-order valence-electron chi connectivity index (χ3n) is 4.34. The van der Waals surface area contributed by atoms with E-state index in [1.54, 1.807) is 0 Å². The van der Waals surface area contributed by atoms with Gasteiger partial charge in [-0.15, -0.1) is 0 Å². The maximum atomic E-state index is 12.6. The Bertz CT molecular complexity index is 470. The number of amides is 1. The summed E-state index contributed by atoms with van der Waals surface area (Å²) < 4.78 is 0. The minimum atomic E-state index is 0.126. The van der Waals surface area contributed by atoms with Crippen LogP contribution >= 0.6 is 11.6 Å². The first kappa shape index (κ1) is 17.3. The molecule has 0 spiro atoms. The van der Waals surface area contributed by atoms with Crippen LogP contribution in [0.4, 0.5) is 0 Å². The first-order valence-electron chi connectivity index (χ1n) is 8.40. The van der Waals surface area contributed by atoms with E-state index >= 15 is 0 Å². The second kappa shape index (κ2) is 8.54. The zero-order valence-electron chi connectivity index (χ0n) is 13.4. The van der Waals surface area contributed by atoms with E-state index in [0.29, 0.717) is 12.5 Å². The van der Waals surface area contributed by atoms with Crippen molar-refractivity contribution in [3.8, 4) is 0 Å². The highest BCUT2D eigenvalue weighted by Gasteiger charge is 2.35. The molecule has 1 unspecified atom stereocenters. The largest absolute Gasteiger partial charge is 0.333 e. The van der Waals surface area contributed by atoms with Crippen LogP contribution < -0.4 is 5.73 Å². The molecule has 122 valence electrons. The average Bonchev–Trinajstić information content (AvgIpc) is 3.32. The lowest BCUT2D eigenvalue weighted by molar-refractivity contribution is -0.134. The zero-order chi connectivity index (χ0) is 15.9. The number of unbranched alkanes of at least 4 members (excludes halogenated alkanes) is 3. The van der Waals surface area contributed by atoms with E-state index in [-0.39, 0.29) is 11.9 Å². The number of nitrogens with two attached hydrogens (primary N) is 1. The van der Waals surface area contributed by atoms with Crippen molar-refractivity contribution in [2.45, 2.75) is 64.0 Å². The van der Waals surface area contributed by atoms with E-state index in [2.05, 4.69) is 11.8 Å². The summed E-state index contributed by atoms with van der Waals surface area (Å²) in [6.07, 6.45) is 7.17. The molecule has 1 fully saturated rings. The summed E-state index contributed by atoms with van der Waals surface area (Å²) in [4.78, 5) is 14.7. The second-order valence-corrected chi connectivity index (χ2v) is 6.65. The Hall–Kier alpha value is -1.06. The number of benzene rings is 1. The number of rotatable bonds is 9. The van der Waals surface area contributed by atoms with Crippen molar-refractivity contribution in [3.63, 3.8) is 0 Å².